The Labute approximate surface area is 259 Å². The van der Waals surface area contributed by atoms with Crippen molar-refractivity contribution in [1.29, 1.82) is 0 Å². The highest BCUT2D eigenvalue weighted by Gasteiger charge is 2.42. The molecule has 2 aromatic heterocycles. The molecule has 0 N–H and O–H groups in total. The van der Waals surface area contributed by atoms with E-state index in [1.165, 1.54) is 47.3 Å². The molecule has 0 radical (unpaired) electrons. The lowest BCUT2D eigenvalue weighted by molar-refractivity contribution is 0.416. The van der Waals surface area contributed by atoms with E-state index in [9.17, 15) is 0 Å². The number of fused-ring (bicyclic) bond motifs is 7. The fraction of sp³-hybridized carbons (Fsp3) is 0.300. The summed E-state index contributed by atoms with van der Waals surface area (Å²) in [6.45, 7) is 0.861. The third kappa shape index (κ3) is 4.11. The van der Waals surface area contributed by atoms with Crippen LogP contribution in [0.5, 0.6) is 0 Å². The Hall–Kier alpha value is -4.44. The zero-order valence-corrected chi connectivity index (χ0v) is 25.2. The molecule has 218 valence electrons. The lowest BCUT2D eigenvalue weighted by Crippen LogP contribution is -2.40. The molecule has 0 fully saturated rings. The summed E-state index contributed by atoms with van der Waals surface area (Å²) in [5.41, 5.74) is 13.5. The number of aliphatic imine (C=N–C) groups is 1. The molecule has 2 unspecified atom stereocenters. The highest BCUT2D eigenvalue weighted by atomic mass is 15.2. The van der Waals surface area contributed by atoms with Gasteiger partial charge in [-0.1, -0.05) is 66.8 Å². The maximum Gasteiger partial charge on any atom is 0.0710 e. The van der Waals surface area contributed by atoms with Crippen molar-refractivity contribution in [3.05, 3.63) is 119 Å². The van der Waals surface area contributed by atoms with Gasteiger partial charge in [0.25, 0.3) is 0 Å². The number of para-hydroxylation sites is 1. The van der Waals surface area contributed by atoms with Gasteiger partial charge in [-0.3, -0.25) is 4.99 Å². The maximum atomic E-state index is 5.06. The van der Waals surface area contributed by atoms with Crippen molar-refractivity contribution < 1.29 is 0 Å². The first kappa shape index (κ1) is 26.0. The Morgan fingerprint density at radius 1 is 0.818 bits per heavy atom. The van der Waals surface area contributed by atoms with Crippen molar-refractivity contribution in [3.8, 4) is 11.3 Å². The second-order valence-electron chi connectivity index (χ2n) is 12.9. The third-order valence-corrected chi connectivity index (χ3v) is 10.5. The molecule has 0 saturated carbocycles. The summed E-state index contributed by atoms with van der Waals surface area (Å²) >= 11 is 0. The van der Waals surface area contributed by atoms with E-state index < -0.39 is 0 Å². The number of anilines is 1. The molecule has 4 aromatic rings. The quantitative estimate of drug-likeness (QED) is 0.228. The standard InChI is InChI=1S/C40H38N4/c1-2-13-29(14-3-1)44-36-19-8-5-16-31(36)39-32-23-24-41-26-38(32)43(37-20-9-6-17-33(37)40(39)44)30-15-10-12-28(25-30)35-22-21-27-11-4-7-18-34(27)42-35/h1-2,4,7-12,15,18-22,25-26,29,33,37H,3,5-6,13-14,16-17,23-24H2/t29?,33-,37?/m0/s1. The lowest BCUT2D eigenvalue weighted by atomic mass is 9.82. The van der Waals surface area contributed by atoms with E-state index in [1.807, 2.05) is 0 Å². The number of hydrogen-bond donors (Lipinski definition) is 0. The van der Waals surface area contributed by atoms with Gasteiger partial charge in [-0.25, -0.2) is 4.98 Å². The van der Waals surface area contributed by atoms with Gasteiger partial charge in [-0.2, -0.15) is 0 Å². The number of nitrogens with zero attached hydrogens (tertiary/aromatic N) is 4. The topological polar surface area (TPSA) is 33.4 Å². The number of allylic oxidation sites excluding steroid dienone is 5. The average Bonchev–Trinajstić information content (AvgIpc) is 3.38. The zero-order valence-electron chi connectivity index (χ0n) is 25.2. The molecule has 4 heterocycles. The fourth-order valence-corrected chi connectivity index (χ4v) is 8.53. The fourth-order valence-electron chi connectivity index (χ4n) is 8.53. The molecular formula is C40H38N4. The Morgan fingerprint density at radius 2 is 1.77 bits per heavy atom. The van der Waals surface area contributed by atoms with E-state index in [1.54, 1.807) is 16.8 Å². The lowest BCUT2D eigenvalue weighted by Gasteiger charge is -2.40. The van der Waals surface area contributed by atoms with Gasteiger partial charge in [-0.05, 0) is 92.8 Å². The van der Waals surface area contributed by atoms with Crippen molar-refractivity contribution in [2.45, 2.75) is 69.4 Å². The SMILES string of the molecule is C1=Cc2c(c3c(n2C2CC=CCC2)[C@H]2CCC=CC2N(c2cccc(-c4ccc5ccccc5n4)c2)C2=C3CCN=C2)CC1. The summed E-state index contributed by atoms with van der Waals surface area (Å²) in [7, 11) is 0. The molecule has 0 bridgehead atoms. The number of dihydropyridines is 1. The molecule has 9 rings (SSSR count). The molecule has 3 atom stereocenters. The molecule has 3 aliphatic carbocycles. The molecule has 0 amide bonds. The van der Waals surface area contributed by atoms with Gasteiger partial charge in [0.15, 0.2) is 0 Å². The number of aromatic nitrogens is 2. The smallest absolute Gasteiger partial charge is 0.0710 e. The van der Waals surface area contributed by atoms with E-state index >= 15 is 0 Å². The normalized spacial score (nSPS) is 23.7. The molecule has 4 nitrogen and oxygen atoms in total. The number of benzene rings is 2. The minimum atomic E-state index is 0.234. The minimum Gasteiger partial charge on any atom is -0.340 e. The monoisotopic (exact) mass is 574 g/mol. The van der Waals surface area contributed by atoms with Crippen LogP contribution in [-0.2, 0) is 6.42 Å². The van der Waals surface area contributed by atoms with Gasteiger partial charge in [0, 0.05) is 58.3 Å². The molecule has 0 saturated heterocycles. The first-order valence-electron chi connectivity index (χ1n) is 16.6. The van der Waals surface area contributed by atoms with Gasteiger partial charge in [-0.15, -0.1) is 0 Å². The minimum absolute atomic E-state index is 0.234. The highest BCUT2D eigenvalue weighted by molar-refractivity contribution is 5.99. The Bertz CT molecular complexity index is 1930. The third-order valence-electron chi connectivity index (χ3n) is 10.5. The van der Waals surface area contributed by atoms with Gasteiger partial charge >= 0.3 is 0 Å². The Morgan fingerprint density at radius 3 is 2.73 bits per heavy atom. The van der Waals surface area contributed by atoms with E-state index in [2.05, 4.69) is 113 Å². The largest absolute Gasteiger partial charge is 0.340 e. The van der Waals surface area contributed by atoms with Crippen LogP contribution >= 0.6 is 0 Å². The summed E-state index contributed by atoms with van der Waals surface area (Å²) in [6.07, 6.45) is 25.9. The summed E-state index contributed by atoms with van der Waals surface area (Å²) < 4.78 is 2.83. The second kappa shape index (κ2) is 10.6. The van der Waals surface area contributed by atoms with E-state index in [4.69, 9.17) is 9.98 Å². The number of pyridine rings is 1. The molecule has 2 aromatic carbocycles. The van der Waals surface area contributed by atoms with Crippen molar-refractivity contribution in [3.63, 3.8) is 0 Å². The van der Waals surface area contributed by atoms with Crippen molar-refractivity contribution in [1.82, 2.24) is 9.55 Å². The molecule has 2 aliphatic heterocycles. The predicted octanol–water partition coefficient (Wildman–Crippen LogP) is 9.45. The number of rotatable bonds is 3. The maximum absolute atomic E-state index is 5.06. The van der Waals surface area contributed by atoms with Gasteiger partial charge in [0.2, 0.25) is 0 Å². The van der Waals surface area contributed by atoms with Crippen LogP contribution in [0.25, 0.3) is 33.8 Å². The van der Waals surface area contributed by atoms with Crippen LogP contribution in [0.2, 0.25) is 0 Å². The van der Waals surface area contributed by atoms with E-state index in [0.717, 1.165) is 55.4 Å². The first-order chi connectivity index (χ1) is 21.8. The van der Waals surface area contributed by atoms with Gasteiger partial charge in [0.1, 0.15) is 0 Å². The van der Waals surface area contributed by atoms with Crippen molar-refractivity contribution in [2.75, 3.05) is 11.4 Å². The Kier molecular flexibility index (Phi) is 6.28. The van der Waals surface area contributed by atoms with Crippen LogP contribution in [-0.4, -0.2) is 28.4 Å². The number of hydrogen-bond acceptors (Lipinski definition) is 3. The summed E-state index contributed by atoms with van der Waals surface area (Å²) in [5.74, 6) is 0.418. The second-order valence-corrected chi connectivity index (χ2v) is 12.9. The highest BCUT2D eigenvalue weighted by Crippen LogP contribution is 2.51. The van der Waals surface area contributed by atoms with Crippen LogP contribution in [0, 0.1) is 0 Å². The molecule has 44 heavy (non-hydrogen) atoms. The average molecular weight is 575 g/mol. The zero-order chi connectivity index (χ0) is 29.0. The molecule has 4 heteroatoms. The summed E-state index contributed by atoms with van der Waals surface area (Å²) in [6, 6.07) is 22.6. The van der Waals surface area contributed by atoms with Crippen LogP contribution in [0.15, 0.2) is 102 Å². The van der Waals surface area contributed by atoms with E-state index in [0.29, 0.717) is 12.0 Å². The van der Waals surface area contributed by atoms with Crippen molar-refractivity contribution >= 4 is 34.5 Å². The molecule has 5 aliphatic rings. The van der Waals surface area contributed by atoms with E-state index in [-0.39, 0.29) is 6.04 Å². The first-order valence-corrected chi connectivity index (χ1v) is 16.6. The van der Waals surface area contributed by atoms with Crippen LogP contribution in [0.4, 0.5) is 5.69 Å². The predicted molar refractivity (Wildman–Crippen MR) is 183 cm³/mol. The van der Waals surface area contributed by atoms with Crippen molar-refractivity contribution in [2.24, 2.45) is 4.99 Å². The van der Waals surface area contributed by atoms with Gasteiger partial charge < -0.3 is 9.47 Å². The Balaban J connectivity index is 1.25. The van der Waals surface area contributed by atoms with Crippen LogP contribution < -0.4 is 4.90 Å². The van der Waals surface area contributed by atoms with Gasteiger partial charge in [0.05, 0.1) is 22.9 Å². The molecule has 0 spiro atoms. The van der Waals surface area contributed by atoms with Crippen LogP contribution in [0.1, 0.15) is 79.4 Å². The summed E-state index contributed by atoms with van der Waals surface area (Å²) in [4.78, 5) is 12.6. The summed E-state index contributed by atoms with van der Waals surface area (Å²) in [5, 5.41) is 1.17. The van der Waals surface area contributed by atoms with Crippen LogP contribution in [0.3, 0.4) is 0 Å². The molecular weight excluding hydrogens is 536 g/mol.